The summed E-state index contributed by atoms with van der Waals surface area (Å²) in [6, 6.07) is 5.27. The average Bonchev–Trinajstić information content (AvgIpc) is 3.70. The van der Waals surface area contributed by atoms with E-state index in [1.807, 2.05) is 19.9 Å². The number of aryl methyl sites for hydroxylation is 1. The van der Waals surface area contributed by atoms with E-state index in [1.165, 1.54) is 34.7 Å². The molecule has 1 aromatic carbocycles. The van der Waals surface area contributed by atoms with Crippen LogP contribution >= 0.6 is 11.3 Å². The van der Waals surface area contributed by atoms with Crippen molar-refractivity contribution >= 4 is 33.4 Å². The highest BCUT2D eigenvalue weighted by Crippen LogP contribution is 2.33. The lowest BCUT2D eigenvalue weighted by Crippen LogP contribution is -2.58. The van der Waals surface area contributed by atoms with Crippen LogP contribution in [0.2, 0.25) is 0 Å². The standard InChI is InChI=1S/C32H38FN7O6S/c1-7-19(4)37-30(43)32(6,8-2)39-26(41)25-20(5)27(40-35-14-15-36-40)47-28(25)38(31(39)44)18-24(46-16-10-13-34)23-17-21(33)11-12-22(23)29(42)45-9-3/h11-12,14-15,17,19,24H,7-10,16,18H2,1-6H3,(H,37,43)/t19?,24-,32?/m0/s1. The van der Waals surface area contributed by atoms with Gasteiger partial charge >= 0.3 is 11.7 Å². The Balaban J connectivity index is 2.05. The highest BCUT2D eigenvalue weighted by molar-refractivity contribution is 7.21. The van der Waals surface area contributed by atoms with Gasteiger partial charge in [-0.05, 0) is 64.3 Å². The zero-order valence-electron chi connectivity index (χ0n) is 27.2. The number of nitrogens with zero attached hydrogens (tertiary/aromatic N) is 6. The van der Waals surface area contributed by atoms with Crippen LogP contribution < -0.4 is 16.6 Å². The Morgan fingerprint density at radius 1 is 1.19 bits per heavy atom. The summed E-state index contributed by atoms with van der Waals surface area (Å²) >= 11 is 1.09. The molecule has 47 heavy (non-hydrogen) atoms. The molecule has 15 heteroatoms. The van der Waals surface area contributed by atoms with E-state index in [0.717, 1.165) is 28.0 Å². The number of hydrogen-bond acceptors (Lipinski definition) is 10. The van der Waals surface area contributed by atoms with Gasteiger partial charge in [0, 0.05) is 11.6 Å². The van der Waals surface area contributed by atoms with E-state index in [-0.39, 0.29) is 60.0 Å². The first-order valence-electron chi connectivity index (χ1n) is 15.3. The molecular weight excluding hydrogens is 629 g/mol. The molecule has 3 aromatic heterocycles. The van der Waals surface area contributed by atoms with Crippen molar-refractivity contribution in [3.05, 3.63) is 73.9 Å². The predicted molar refractivity (Wildman–Crippen MR) is 173 cm³/mol. The second-order valence-corrected chi connectivity index (χ2v) is 12.2. The summed E-state index contributed by atoms with van der Waals surface area (Å²) < 4.78 is 28.3. The van der Waals surface area contributed by atoms with Crippen LogP contribution in [0.4, 0.5) is 4.39 Å². The first-order valence-corrected chi connectivity index (χ1v) is 16.2. The van der Waals surface area contributed by atoms with Gasteiger partial charge in [0.2, 0.25) is 5.91 Å². The van der Waals surface area contributed by atoms with Gasteiger partial charge in [0.25, 0.3) is 5.56 Å². The van der Waals surface area contributed by atoms with Gasteiger partial charge in [0.15, 0.2) is 0 Å². The number of nitrogens with one attached hydrogen (secondary N) is 1. The fourth-order valence-corrected chi connectivity index (χ4v) is 6.41. The van der Waals surface area contributed by atoms with Gasteiger partial charge in [0.1, 0.15) is 27.3 Å². The fraction of sp³-hybridized carbons (Fsp3) is 0.469. The van der Waals surface area contributed by atoms with E-state index in [0.29, 0.717) is 17.0 Å². The van der Waals surface area contributed by atoms with Gasteiger partial charge in [-0.25, -0.2) is 18.5 Å². The van der Waals surface area contributed by atoms with E-state index in [4.69, 9.17) is 9.47 Å². The maximum Gasteiger partial charge on any atom is 0.338 e. The molecule has 0 saturated carbocycles. The number of thiophene rings is 1. The third-order valence-corrected chi connectivity index (χ3v) is 9.47. The first-order chi connectivity index (χ1) is 22.4. The van der Waals surface area contributed by atoms with E-state index in [1.54, 1.807) is 20.8 Å². The number of halogens is 1. The summed E-state index contributed by atoms with van der Waals surface area (Å²) in [7, 11) is 0. The highest BCUT2D eigenvalue weighted by atomic mass is 32.1. The molecule has 0 bridgehead atoms. The number of aromatic nitrogens is 5. The molecule has 13 nitrogen and oxygen atoms in total. The zero-order valence-corrected chi connectivity index (χ0v) is 28.0. The minimum Gasteiger partial charge on any atom is -0.462 e. The van der Waals surface area contributed by atoms with E-state index < -0.39 is 40.6 Å². The van der Waals surface area contributed by atoms with Gasteiger partial charge in [-0.15, -0.1) is 4.80 Å². The highest BCUT2D eigenvalue weighted by Gasteiger charge is 2.39. The summed E-state index contributed by atoms with van der Waals surface area (Å²) in [5.41, 5.74) is -2.49. The number of hydrogen-bond donors (Lipinski definition) is 1. The number of esters is 1. The Morgan fingerprint density at radius 2 is 1.89 bits per heavy atom. The number of benzene rings is 1. The molecule has 3 heterocycles. The van der Waals surface area contributed by atoms with Crippen molar-refractivity contribution in [1.82, 2.24) is 29.4 Å². The van der Waals surface area contributed by atoms with E-state index in [9.17, 15) is 28.8 Å². The second-order valence-electron chi connectivity index (χ2n) is 11.2. The van der Waals surface area contributed by atoms with E-state index >= 15 is 0 Å². The molecule has 0 spiro atoms. The van der Waals surface area contributed by atoms with Crippen molar-refractivity contribution in [2.24, 2.45) is 0 Å². The molecule has 2 unspecified atom stereocenters. The van der Waals surface area contributed by atoms with Crippen LogP contribution in [0.15, 0.2) is 40.2 Å². The quantitative estimate of drug-likeness (QED) is 0.154. The van der Waals surface area contributed by atoms with Crippen LogP contribution in [0.3, 0.4) is 0 Å². The molecule has 4 rings (SSSR count). The lowest BCUT2D eigenvalue weighted by atomic mass is 9.96. The Hall–Kier alpha value is -4.68. The molecule has 0 fully saturated rings. The number of carbonyl (C=O) groups excluding carboxylic acids is 2. The van der Waals surface area contributed by atoms with Crippen LogP contribution in [0, 0.1) is 24.1 Å². The van der Waals surface area contributed by atoms with Gasteiger partial charge in [-0.3, -0.25) is 14.2 Å². The van der Waals surface area contributed by atoms with Crippen molar-refractivity contribution in [3.8, 4) is 11.1 Å². The van der Waals surface area contributed by atoms with Crippen molar-refractivity contribution in [2.45, 2.75) is 85.0 Å². The lowest BCUT2D eigenvalue weighted by molar-refractivity contribution is -0.130. The molecule has 1 N–H and O–H groups in total. The summed E-state index contributed by atoms with van der Waals surface area (Å²) in [6.45, 7) is 9.96. The Kier molecular flexibility index (Phi) is 11.1. The largest absolute Gasteiger partial charge is 0.462 e. The van der Waals surface area contributed by atoms with Gasteiger partial charge < -0.3 is 14.8 Å². The molecule has 0 aliphatic carbocycles. The number of rotatable bonds is 14. The normalized spacial score (nSPS) is 13.9. The Bertz CT molecular complexity index is 1930. The fourth-order valence-electron chi connectivity index (χ4n) is 5.19. The number of carbonyl (C=O) groups is 2. The van der Waals surface area contributed by atoms with Crippen molar-refractivity contribution in [3.63, 3.8) is 0 Å². The molecular formula is C32H38FN7O6S. The Labute approximate surface area is 274 Å². The molecule has 0 aliphatic rings. The summed E-state index contributed by atoms with van der Waals surface area (Å²) in [5.74, 6) is -1.89. The minimum absolute atomic E-state index is 0.0166. The van der Waals surface area contributed by atoms with Crippen LogP contribution in [-0.2, 0) is 26.4 Å². The van der Waals surface area contributed by atoms with Crippen LogP contribution in [0.5, 0.6) is 0 Å². The topological polar surface area (TPSA) is 163 Å². The lowest BCUT2D eigenvalue weighted by Gasteiger charge is -2.31. The summed E-state index contributed by atoms with van der Waals surface area (Å²) in [6.07, 6.45) is 2.50. The molecule has 4 aromatic rings. The number of amides is 1. The third kappa shape index (κ3) is 6.89. The van der Waals surface area contributed by atoms with Crippen LogP contribution in [0.1, 0.15) is 81.5 Å². The monoisotopic (exact) mass is 667 g/mol. The minimum atomic E-state index is -1.60. The molecule has 0 radical (unpaired) electrons. The van der Waals surface area contributed by atoms with Crippen LogP contribution in [0.25, 0.3) is 15.2 Å². The smallest absolute Gasteiger partial charge is 0.338 e. The maximum atomic E-state index is 14.7. The van der Waals surface area contributed by atoms with Gasteiger partial charge in [0.05, 0.1) is 55.6 Å². The number of ether oxygens (including phenoxy) is 2. The van der Waals surface area contributed by atoms with Crippen LogP contribution in [-0.4, -0.2) is 55.3 Å². The van der Waals surface area contributed by atoms with Gasteiger partial charge in [-0.2, -0.15) is 15.5 Å². The first kappa shape index (κ1) is 35.2. The summed E-state index contributed by atoms with van der Waals surface area (Å²) in [4.78, 5) is 57.2. The maximum absolute atomic E-state index is 14.7. The molecule has 0 saturated heterocycles. The molecule has 1 amide bonds. The third-order valence-electron chi connectivity index (χ3n) is 8.19. The molecule has 3 atom stereocenters. The Morgan fingerprint density at radius 3 is 2.51 bits per heavy atom. The van der Waals surface area contributed by atoms with Crippen molar-refractivity contribution < 1.29 is 23.5 Å². The average molecular weight is 668 g/mol. The SMILES string of the molecule is CCOC(=O)c1ccc(F)cc1[C@H](Cn1c(=O)n(C(C)(CC)C(=O)NC(C)CC)c(=O)c2c(C)c(-n3nccn3)sc21)OCCC#N. The molecule has 0 aliphatic heterocycles. The molecule has 250 valence electrons. The predicted octanol–water partition coefficient (Wildman–Crippen LogP) is 4.14. The second kappa shape index (κ2) is 14.8. The van der Waals surface area contributed by atoms with Gasteiger partial charge in [-0.1, -0.05) is 25.2 Å². The number of fused-ring (bicyclic) bond motifs is 1. The van der Waals surface area contributed by atoms with Crippen molar-refractivity contribution in [2.75, 3.05) is 13.2 Å². The summed E-state index contributed by atoms with van der Waals surface area (Å²) in [5, 5.41) is 21.2. The zero-order chi connectivity index (χ0) is 34.5. The number of nitriles is 1. The van der Waals surface area contributed by atoms with Crippen molar-refractivity contribution in [1.29, 1.82) is 5.26 Å². The van der Waals surface area contributed by atoms with E-state index in [2.05, 4.69) is 15.5 Å².